The molecule has 3 nitrogen and oxygen atoms in total. The lowest BCUT2D eigenvalue weighted by molar-refractivity contribution is 0.104. The fourth-order valence-electron chi connectivity index (χ4n) is 1.25. The van der Waals surface area contributed by atoms with Crippen molar-refractivity contribution in [2.75, 3.05) is 0 Å². The van der Waals surface area contributed by atoms with Crippen molar-refractivity contribution in [2.24, 2.45) is 0 Å². The second kappa shape index (κ2) is 4.98. The molecule has 78 valence electrons. The van der Waals surface area contributed by atoms with Crippen LogP contribution >= 0.6 is 0 Å². The minimum absolute atomic E-state index is 0.142. The predicted molar refractivity (Wildman–Crippen MR) is 61.8 cm³/mol. The van der Waals surface area contributed by atoms with E-state index in [1.54, 1.807) is 6.08 Å². The van der Waals surface area contributed by atoms with E-state index in [2.05, 4.69) is 9.97 Å². The van der Waals surface area contributed by atoms with E-state index in [0.717, 1.165) is 5.56 Å². The summed E-state index contributed by atoms with van der Waals surface area (Å²) < 4.78 is 0. The minimum atomic E-state index is -0.142. The van der Waals surface area contributed by atoms with Crippen LogP contribution in [0.25, 0.3) is 6.08 Å². The first-order valence-corrected chi connectivity index (χ1v) is 4.90. The molecule has 2 aromatic rings. The zero-order valence-corrected chi connectivity index (χ0v) is 8.58. The number of nitrogens with zero attached hydrogens (tertiary/aromatic N) is 2. The third kappa shape index (κ3) is 2.60. The number of hydrogen-bond donors (Lipinski definition) is 0. The summed E-state index contributed by atoms with van der Waals surface area (Å²) in [6.07, 6.45) is 7.76. The van der Waals surface area contributed by atoms with Gasteiger partial charge in [0.15, 0.2) is 0 Å². The lowest BCUT2D eigenvalue weighted by Crippen LogP contribution is -1.97. The van der Waals surface area contributed by atoms with Gasteiger partial charge in [0.2, 0.25) is 5.78 Å². The number of carbonyl (C=O) groups is 1. The summed E-state index contributed by atoms with van der Waals surface area (Å²) >= 11 is 0. The quantitative estimate of drug-likeness (QED) is 0.577. The number of carbonyl (C=O) groups excluding carboxylic acids is 1. The third-order valence-electron chi connectivity index (χ3n) is 2.04. The molecule has 0 aliphatic heterocycles. The first kappa shape index (κ1) is 10.2. The highest BCUT2D eigenvalue weighted by Crippen LogP contribution is 2.02. The molecule has 2 rings (SSSR count). The molecule has 0 fully saturated rings. The zero-order chi connectivity index (χ0) is 11.2. The Morgan fingerprint density at radius 1 is 1.12 bits per heavy atom. The molecule has 0 aliphatic carbocycles. The molecule has 0 aliphatic rings. The van der Waals surface area contributed by atoms with Crippen LogP contribution in [-0.4, -0.2) is 15.8 Å². The molecule has 0 atom stereocenters. The van der Waals surface area contributed by atoms with Gasteiger partial charge in [0.05, 0.1) is 6.20 Å². The van der Waals surface area contributed by atoms with Crippen LogP contribution in [-0.2, 0) is 0 Å². The normalized spacial score (nSPS) is 10.5. The molecular formula is C13H10N2O. The van der Waals surface area contributed by atoms with Gasteiger partial charge in [-0.15, -0.1) is 0 Å². The number of rotatable bonds is 3. The molecule has 1 aromatic carbocycles. The number of benzene rings is 1. The first-order chi connectivity index (χ1) is 7.86. The van der Waals surface area contributed by atoms with Crippen molar-refractivity contribution in [3.05, 3.63) is 66.3 Å². The van der Waals surface area contributed by atoms with Gasteiger partial charge in [0, 0.05) is 12.4 Å². The van der Waals surface area contributed by atoms with E-state index in [-0.39, 0.29) is 5.78 Å². The molecule has 0 spiro atoms. The van der Waals surface area contributed by atoms with Crippen molar-refractivity contribution in [1.29, 1.82) is 0 Å². The van der Waals surface area contributed by atoms with E-state index >= 15 is 0 Å². The van der Waals surface area contributed by atoms with Crippen molar-refractivity contribution in [1.82, 2.24) is 9.97 Å². The highest BCUT2D eigenvalue weighted by molar-refractivity contribution is 6.05. The van der Waals surface area contributed by atoms with Gasteiger partial charge in [-0.3, -0.25) is 9.78 Å². The maximum absolute atomic E-state index is 11.6. The van der Waals surface area contributed by atoms with Crippen LogP contribution in [0.15, 0.2) is 55.0 Å². The molecule has 0 amide bonds. The number of hydrogen-bond acceptors (Lipinski definition) is 3. The van der Waals surface area contributed by atoms with E-state index in [4.69, 9.17) is 0 Å². The zero-order valence-electron chi connectivity index (χ0n) is 8.58. The van der Waals surface area contributed by atoms with E-state index < -0.39 is 0 Å². The SMILES string of the molecule is O=C(C=Cc1ccccc1)c1cnccn1. The molecular weight excluding hydrogens is 200 g/mol. The Morgan fingerprint density at radius 3 is 2.62 bits per heavy atom. The van der Waals surface area contributed by atoms with Crippen LogP contribution in [0.2, 0.25) is 0 Å². The summed E-state index contributed by atoms with van der Waals surface area (Å²) in [7, 11) is 0. The fourth-order valence-corrected chi connectivity index (χ4v) is 1.25. The summed E-state index contributed by atoms with van der Waals surface area (Å²) in [5, 5.41) is 0. The highest BCUT2D eigenvalue weighted by atomic mass is 16.1. The van der Waals surface area contributed by atoms with E-state index in [9.17, 15) is 4.79 Å². The Bertz CT molecular complexity index is 492. The van der Waals surface area contributed by atoms with E-state index in [1.165, 1.54) is 24.7 Å². The van der Waals surface area contributed by atoms with Crippen LogP contribution in [0.3, 0.4) is 0 Å². The second-order valence-corrected chi connectivity index (χ2v) is 3.20. The van der Waals surface area contributed by atoms with Gasteiger partial charge in [-0.25, -0.2) is 4.98 Å². The van der Waals surface area contributed by atoms with Crippen LogP contribution in [0.1, 0.15) is 16.1 Å². The average Bonchev–Trinajstić information content (AvgIpc) is 2.38. The van der Waals surface area contributed by atoms with E-state index in [1.807, 2.05) is 30.3 Å². The average molecular weight is 210 g/mol. The van der Waals surface area contributed by atoms with Crippen molar-refractivity contribution < 1.29 is 4.79 Å². The lowest BCUT2D eigenvalue weighted by Gasteiger charge is -1.93. The number of aromatic nitrogens is 2. The van der Waals surface area contributed by atoms with Crippen LogP contribution < -0.4 is 0 Å². The van der Waals surface area contributed by atoms with Crippen molar-refractivity contribution in [3.63, 3.8) is 0 Å². The standard InChI is InChI=1S/C13H10N2O/c16-13(12-10-14-8-9-15-12)7-6-11-4-2-1-3-5-11/h1-10H. The summed E-state index contributed by atoms with van der Waals surface area (Å²) in [6, 6.07) is 9.64. The second-order valence-electron chi connectivity index (χ2n) is 3.20. The van der Waals surface area contributed by atoms with Gasteiger partial charge < -0.3 is 0 Å². The summed E-state index contributed by atoms with van der Waals surface area (Å²) in [4.78, 5) is 19.4. The summed E-state index contributed by atoms with van der Waals surface area (Å²) in [6.45, 7) is 0. The van der Waals surface area contributed by atoms with Gasteiger partial charge in [-0.05, 0) is 11.6 Å². The Balaban J connectivity index is 2.12. The monoisotopic (exact) mass is 210 g/mol. The van der Waals surface area contributed by atoms with Gasteiger partial charge in [0.1, 0.15) is 5.69 Å². The first-order valence-electron chi connectivity index (χ1n) is 4.90. The third-order valence-corrected chi connectivity index (χ3v) is 2.04. The number of allylic oxidation sites excluding steroid dienone is 1. The fraction of sp³-hybridized carbons (Fsp3) is 0. The molecule has 0 N–H and O–H groups in total. The molecule has 16 heavy (non-hydrogen) atoms. The highest BCUT2D eigenvalue weighted by Gasteiger charge is 2.01. The minimum Gasteiger partial charge on any atom is -0.287 e. The molecule has 3 heteroatoms. The topological polar surface area (TPSA) is 42.9 Å². The molecule has 0 saturated carbocycles. The molecule has 1 heterocycles. The predicted octanol–water partition coefficient (Wildman–Crippen LogP) is 2.37. The van der Waals surface area contributed by atoms with Gasteiger partial charge in [-0.2, -0.15) is 0 Å². The maximum Gasteiger partial charge on any atom is 0.205 e. The molecule has 1 aromatic heterocycles. The Hall–Kier alpha value is -2.29. The van der Waals surface area contributed by atoms with Gasteiger partial charge in [0.25, 0.3) is 0 Å². The summed E-state index contributed by atoms with van der Waals surface area (Å²) in [5.41, 5.74) is 1.34. The lowest BCUT2D eigenvalue weighted by atomic mass is 10.2. The summed E-state index contributed by atoms with van der Waals surface area (Å²) in [5.74, 6) is -0.142. The van der Waals surface area contributed by atoms with Crippen molar-refractivity contribution in [2.45, 2.75) is 0 Å². The maximum atomic E-state index is 11.6. The smallest absolute Gasteiger partial charge is 0.205 e. The van der Waals surface area contributed by atoms with Gasteiger partial charge >= 0.3 is 0 Å². The van der Waals surface area contributed by atoms with Crippen LogP contribution in [0, 0.1) is 0 Å². The van der Waals surface area contributed by atoms with Crippen molar-refractivity contribution in [3.8, 4) is 0 Å². The molecule has 0 saturated heterocycles. The Labute approximate surface area is 93.5 Å². The Morgan fingerprint density at radius 2 is 1.94 bits per heavy atom. The Kier molecular flexibility index (Phi) is 3.18. The van der Waals surface area contributed by atoms with Crippen molar-refractivity contribution >= 4 is 11.9 Å². The largest absolute Gasteiger partial charge is 0.287 e. The van der Waals surface area contributed by atoms with Gasteiger partial charge in [-0.1, -0.05) is 36.4 Å². The van der Waals surface area contributed by atoms with Crippen LogP contribution in [0.4, 0.5) is 0 Å². The van der Waals surface area contributed by atoms with E-state index in [0.29, 0.717) is 5.69 Å². The van der Waals surface area contributed by atoms with Crippen LogP contribution in [0.5, 0.6) is 0 Å². The number of ketones is 1. The molecule has 0 unspecified atom stereocenters. The molecule has 0 bridgehead atoms. The molecule has 0 radical (unpaired) electrons.